The third-order valence-corrected chi connectivity index (χ3v) is 2.82. The first-order valence-electron chi connectivity index (χ1n) is 6.22. The first-order chi connectivity index (χ1) is 10.1. The summed E-state index contributed by atoms with van der Waals surface area (Å²) in [6.45, 7) is -2.47. The highest BCUT2D eigenvalue weighted by Gasteiger charge is 2.08. The largest absolute Gasteiger partial charge is 0.433 e. The van der Waals surface area contributed by atoms with Crippen molar-refractivity contribution in [2.75, 3.05) is 5.32 Å². The Morgan fingerprint density at radius 2 is 1.81 bits per heavy atom. The van der Waals surface area contributed by atoms with Gasteiger partial charge in [-0.15, -0.1) is 0 Å². The van der Waals surface area contributed by atoms with Crippen molar-refractivity contribution < 1.29 is 18.3 Å². The Morgan fingerprint density at radius 3 is 2.43 bits per heavy atom. The summed E-state index contributed by atoms with van der Waals surface area (Å²) in [5.74, 6) is -0.411. The maximum atomic E-state index is 12.3. The van der Waals surface area contributed by atoms with Gasteiger partial charge in [0, 0.05) is 12.1 Å². The first-order valence-corrected chi connectivity index (χ1v) is 6.22. The zero-order valence-corrected chi connectivity index (χ0v) is 11.1. The Kier molecular flexibility index (Phi) is 4.71. The minimum atomic E-state index is -2.87. The SMILES string of the molecule is NC(=O)c1ccc(CNc2ccccc2OC(F)F)cc1. The average molecular weight is 292 g/mol. The Hall–Kier alpha value is -2.63. The van der Waals surface area contributed by atoms with Crippen LogP contribution >= 0.6 is 0 Å². The standard InChI is InChI=1S/C15H14F2N2O2/c16-15(17)21-13-4-2-1-3-12(13)19-9-10-5-7-11(8-6-10)14(18)20/h1-8,15,19H,9H2,(H2,18,20). The van der Waals surface area contributed by atoms with Crippen LogP contribution in [-0.4, -0.2) is 12.5 Å². The number of benzene rings is 2. The van der Waals surface area contributed by atoms with Crippen molar-refractivity contribution in [3.05, 3.63) is 59.7 Å². The van der Waals surface area contributed by atoms with Crippen molar-refractivity contribution in [2.45, 2.75) is 13.2 Å². The highest BCUT2D eigenvalue weighted by Crippen LogP contribution is 2.25. The van der Waals surface area contributed by atoms with Crippen LogP contribution in [0.5, 0.6) is 5.75 Å². The Bertz CT molecular complexity index is 615. The lowest BCUT2D eigenvalue weighted by molar-refractivity contribution is -0.0493. The third-order valence-electron chi connectivity index (χ3n) is 2.82. The van der Waals surface area contributed by atoms with Gasteiger partial charge < -0.3 is 15.8 Å². The maximum Gasteiger partial charge on any atom is 0.387 e. The zero-order chi connectivity index (χ0) is 15.2. The van der Waals surface area contributed by atoms with Crippen LogP contribution in [0.2, 0.25) is 0 Å². The van der Waals surface area contributed by atoms with Crippen molar-refractivity contribution in [1.82, 2.24) is 0 Å². The number of ether oxygens (including phenoxy) is 1. The molecule has 4 nitrogen and oxygen atoms in total. The molecule has 0 spiro atoms. The molecule has 0 atom stereocenters. The van der Waals surface area contributed by atoms with E-state index in [0.717, 1.165) is 5.56 Å². The second-order valence-electron chi connectivity index (χ2n) is 4.29. The number of rotatable bonds is 6. The van der Waals surface area contributed by atoms with E-state index in [-0.39, 0.29) is 5.75 Å². The second kappa shape index (κ2) is 6.69. The Labute approximate surface area is 120 Å². The third kappa shape index (κ3) is 4.17. The van der Waals surface area contributed by atoms with E-state index in [1.165, 1.54) is 6.07 Å². The van der Waals surface area contributed by atoms with Gasteiger partial charge in [0.05, 0.1) is 5.69 Å². The minimum Gasteiger partial charge on any atom is -0.433 e. The van der Waals surface area contributed by atoms with E-state index in [0.29, 0.717) is 17.8 Å². The number of carbonyl (C=O) groups is 1. The van der Waals surface area contributed by atoms with Crippen LogP contribution in [0.25, 0.3) is 0 Å². The number of carbonyl (C=O) groups excluding carboxylic acids is 1. The lowest BCUT2D eigenvalue weighted by Gasteiger charge is -2.12. The molecule has 0 aliphatic carbocycles. The number of anilines is 1. The van der Waals surface area contributed by atoms with Gasteiger partial charge in [-0.3, -0.25) is 4.79 Å². The monoisotopic (exact) mass is 292 g/mol. The van der Waals surface area contributed by atoms with Crippen LogP contribution in [0, 0.1) is 0 Å². The van der Waals surface area contributed by atoms with Crippen molar-refractivity contribution >= 4 is 11.6 Å². The quantitative estimate of drug-likeness (QED) is 0.860. The zero-order valence-electron chi connectivity index (χ0n) is 11.1. The molecule has 0 fully saturated rings. The van der Waals surface area contributed by atoms with Crippen molar-refractivity contribution in [3.63, 3.8) is 0 Å². The molecule has 0 heterocycles. The van der Waals surface area contributed by atoms with Gasteiger partial charge in [0.1, 0.15) is 5.75 Å². The van der Waals surface area contributed by atoms with Crippen molar-refractivity contribution in [3.8, 4) is 5.75 Å². The predicted molar refractivity (Wildman–Crippen MR) is 75.4 cm³/mol. The topological polar surface area (TPSA) is 64.4 Å². The smallest absolute Gasteiger partial charge is 0.387 e. The lowest BCUT2D eigenvalue weighted by Crippen LogP contribution is -2.11. The molecule has 0 aliphatic heterocycles. The van der Waals surface area contributed by atoms with Crippen LogP contribution < -0.4 is 15.8 Å². The fourth-order valence-electron chi connectivity index (χ4n) is 1.80. The minimum absolute atomic E-state index is 0.0845. The summed E-state index contributed by atoms with van der Waals surface area (Å²) in [5, 5.41) is 3.01. The Morgan fingerprint density at radius 1 is 1.14 bits per heavy atom. The van der Waals surface area contributed by atoms with Crippen LogP contribution in [0.15, 0.2) is 48.5 Å². The molecule has 110 valence electrons. The van der Waals surface area contributed by atoms with Crippen molar-refractivity contribution in [1.29, 1.82) is 0 Å². The van der Waals surface area contributed by atoms with Gasteiger partial charge in [-0.05, 0) is 29.8 Å². The molecule has 0 saturated carbocycles. The number of para-hydroxylation sites is 2. The van der Waals surface area contributed by atoms with Gasteiger partial charge >= 0.3 is 6.61 Å². The summed E-state index contributed by atoms with van der Waals surface area (Å²) in [7, 11) is 0. The van der Waals surface area contributed by atoms with Gasteiger partial charge in [0.15, 0.2) is 0 Å². The fraction of sp³-hybridized carbons (Fsp3) is 0.133. The molecule has 6 heteroatoms. The van der Waals surface area contributed by atoms with Gasteiger partial charge in [-0.25, -0.2) is 0 Å². The van der Waals surface area contributed by atoms with E-state index in [1.807, 2.05) is 0 Å². The van der Waals surface area contributed by atoms with Gasteiger partial charge in [-0.1, -0.05) is 24.3 Å². The van der Waals surface area contributed by atoms with E-state index < -0.39 is 12.5 Å². The van der Waals surface area contributed by atoms with Crippen LogP contribution in [-0.2, 0) is 6.54 Å². The molecular formula is C15H14F2N2O2. The van der Waals surface area contributed by atoms with Gasteiger partial charge in [0.2, 0.25) is 5.91 Å². The summed E-state index contributed by atoms with van der Waals surface area (Å²) in [6.07, 6.45) is 0. The van der Waals surface area contributed by atoms with E-state index in [9.17, 15) is 13.6 Å². The van der Waals surface area contributed by atoms with Crippen LogP contribution in [0.4, 0.5) is 14.5 Å². The number of halogens is 2. The summed E-state index contributed by atoms with van der Waals surface area (Å²) in [5.41, 5.74) is 6.92. The van der Waals surface area contributed by atoms with E-state index >= 15 is 0 Å². The highest BCUT2D eigenvalue weighted by molar-refractivity contribution is 5.92. The number of alkyl halides is 2. The molecule has 0 aromatic heterocycles. The molecule has 0 saturated heterocycles. The molecular weight excluding hydrogens is 278 g/mol. The second-order valence-corrected chi connectivity index (χ2v) is 4.29. The molecule has 0 aliphatic rings. The molecule has 1 amide bonds. The van der Waals surface area contributed by atoms with Crippen LogP contribution in [0.3, 0.4) is 0 Å². The molecule has 0 unspecified atom stereocenters. The first kappa shape index (κ1) is 14.8. The average Bonchev–Trinajstić information content (AvgIpc) is 2.46. The summed E-state index contributed by atoms with van der Waals surface area (Å²) in [6, 6.07) is 13.1. The van der Waals surface area contributed by atoms with E-state index in [2.05, 4.69) is 10.1 Å². The van der Waals surface area contributed by atoms with Crippen LogP contribution in [0.1, 0.15) is 15.9 Å². The van der Waals surface area contributed by atoms with E-state index in [1.54, 1.807) is 42.5 Å². The Balaban J connectivity index is 2.04. The summed E-state index contributed by atoms with van der Waals surface area (Å²) < 4.78 is 29.0. The number of hydrogen-bond acceptors (Lipinski definition) is 3. The summed E-state index contributed by atoms with van der Waals surface area (Å²) >= 11 is 0. The normalized spacial score (nSPS) is 10.4. The van der Waals surface area contributed by atoms with Gasteiger partial charge in [-0.2, -0.15) is 8.78 Å². The summed E-state index contributed by atoms with van der Waals surface area (Å²) in [4.78, 5) is 11.0. The molecule has 2 aromatic rings. The number of amides is 1. The number of nitrogens with two attached hydrogens (primary N) is 1. The molecule has 2 rings (SSSR count). The van der Waals surface area contributed by atoms with E-state index in [4.69, 9.17) is 5.73 Å². The highest BCUT2D eigenvalue weighted by atomic mass is 19.3. The molecule has 21 heavy (non-hydrogen) atoms. The molecule has 3 N–H and O–H groups in total. The fourth-order valence-corrected chi connectivity index (χ4v) is 1.80. The van der Waals surface area contributed by atoms with Crippen molar-refractivity contribution in [2.24, 2.45) is 5.73 Å². The number of nitrogens with one attached hydrogen (secondary N) is 1. The number of hydrogen-bond donors (Lipinski definition) is 2. The van der Waals surface area contributed by atoms with Gasteiger partial charge in [0.25, 0.3) is 0 Å². The molecule has 2 aromatic carbocycles. The predicted octanol–water partition coefficient (Wildman–Crippen LogP) is 3.00. The lowest BCUT2D eigenvalue weighted by atomic mass is 10.1. The maximum absolute atomic E-state index is 12.3. The number of primary amides is 1. The molecule has 0 radical (unpaired) electrons. The molecule has 0 bridgehead atoms.